The van der Waals surface area contributed by atoms with E-state index in [-0.39, 0.29) is 16.2 Å². The lowest BCUT2D eigenvalue weighted by Gasteiger charge is -2.51. The highest BCUT2D eigenvalue weighted by atomic mass is 32.2. The van der Waals surface area contributed by atoms with Crippen molar-refractivity contribution in [3.63, 3.8) is 0 Å². The number of thioether (sulfide) groups is 1. The molecule has 30 heavy (non-hydrogen) atoms. The summed E-state index contributed by atoms with van der Waals surface area (Å²) in [5.74, 6) is 0.375. The fourth-order valence-electron chi connectivity index (χ4n) is 7.01. The van der Waals surface area contributed by atoms with Crippen LogP contribution in [-0.2, 0) is 5.41 Å². The fourth-order valence-corrected chi connectivity index (χ4v) is 7.98. The van der Waals surface area contributed by atoms with Gasteiger partial charge in [0.2, 0.25) is 0 Å². The van der Waals surface area contributed by atoms with Crippen LogP contribution in [0.25, 0.3) is 21.9 Å². The van der Waals surface area contributed by atoms with Crippen LogP contribution in [0.3, 0.4) is 0 Å². The first-order valence-electron chi connectivity index (χ1n) is 10.7. The zero-order valence-electron chi connectivity index (χ0n) is 18.5. The van der Waals surface area contributed by atoms with Gasteiger partial charge in [-0.3, -0.25) is 0 Å². The van der Waals surface area contributed by atoms with Crippen molar-refractivity contribution < 1.29 is 5.11 Å². The summed E-state index contributed by atoms with van der Waals surface area (Å²) >= 11 is 6.38. The topological polar surface area (TPSA) is 20.2 Å². The number of thiol groups is 1. The van der Waals surface area contributed by atoms with Crippen molar-refractivity contribution >= 4 is 35.2 Å². The molecule has 2 aliphatic carbocycles. The summed E-state index contributed by atoms with van der Waals surface area (Å²) < 4.78 is 0. The van der Waals surface area contributed by atoms with E-state index in [0.29, 0.717) is 5.75 Å². The smallest absolute Gasteiger partial charge is 0.123 e. The molecule has 1 N–H and O–H groups in total. The van der Waals surface area contributed by atoms with Crippen LogP contribution in [0, 0.1) is 10.8 Å². The van der Waals surface area contributed by atoms with Gasteiger partial charge in [0.05, 0.1) is 0 Å². The molecule has 0 radical (unpaired) electrons. The first kappa shape index (κ1) is 20.3. The van der Waals surface area contributed by atoms with Gasteiger partial charge in [0.25, 0.3) is 0 Å². The van der Waals surface area contributed by atoms with E-state index in [0.717, 1.165) is 33.4 Å². The van der Waals surface area contributed by atoms with Crippen molar-refractivity contribution in [2.45, 2.75) is 62.2 Å². The Morgan fingerprint density at radius 1 is 0.867 bits per heavy atom. The lowest BCUT2D eigenvalue weighted by Crippen LogP contribution is -2.43. The molecule has 0 amide bonds. The predicted octanol–water partition coefficient (Wildman–Crippen LogP) is 8.06. The number of aromatic hydroxyl groups is 1. The zero-order chi connectivity index (χ0) is 21.5. The Morgan fingerprint density at radius 2 is 1.53 bits per heavy atom. The number of benzene rings is 3. The van der Waals surface area contributed by atoms with E-state index in [1.807, 2.05) is 6.07 Å². The minimum Gasteiger partial charge on any atom is -0.507 e. The van der Waals surface area contributed by atoms with Crippen molar-refractivity contribution in [2.24, 2.45) is 10.8 Å². The number of phenolic OH excluding ortho intramolecular Hbond substituents is 1. The van der Waals surface area contributed by atoms with Gasteiger partial charge in [0.1, 0.15) is 5.75 Å². The molecule has 1 fully saturated rings. The third kappa shape index (κ3) is 2.85. The van der Waals surface area contributed by atoms with Crippen LogP contribution >= 0.6 is 24.4 Å². The van der Waals surface area contributed by atoms with Gasteiger partial charge in [-0.1, -0.05) is 52.0 Å². The average molecular weight is 435 g/mol. The number of hydrogen-bond acceptors (Lipinski definition) is 3. The second-order valence-corrected chi connectivity index (χ2v) is 12.2. The van der Waals surface area contributed by atoms with E-state index in [2.05, 4.69) is 83.0 Å². The molecule has 0 saturated heterocycles. The average Bonchev–Trinajstić information content (AvgIpc) is 2.88. The van der Waals surface area contributed by atoms with Crippen LogP contribution in [0.15, 0.2) is 52.3 Å². The maximum atomic E-state index is 11.1. The maximum Gasteiger partial charge on any atom is 0.123 e. The van der Waals surface area contributed by atoms with Gasteiger partial charge in [-0.15, -0.1) is 24.4 Å². The Balaban J connectivity index is 1.91. The van der Waals surface area contributed by atoms with Gasteiger partial charge in [0, 0.05) is 20.6 Å². The van der Waals surface area contributed by atoms with Gasteiger partial charge >= 0.3 is 0 Å². The summed E-state index contributed by atoms with van der Waals surface area (Å²) in [5, 5.41) is 13.2. The molecule has 3 aromatic carbocycles. The number of phenols is 1. The molecule has 5 rings (SSSR count). The van der Waals surface area contributed by atoms with E-state index < -0.39 is 0 Å². The van der Waals surface area contributed by atoms with E-state index >= 15 is 0 Å². The molecule has 0 aliphatic heterocycles. The largest absolute Gasteiger partial charge is 0.507 e. The monoisotopic (exact) mass is 434 g/mol. The molecule has 0 heterocycles. The molecule has 1 nitrogen and oxygen atoms in total. The van der Waals surface area contributed by atoms with Crippen LogP contribution in [0.5, 0.6) is 5.75 Å². The Labute approximate surface area is 189 Å². The molecule has 0 atom stereocenters. The SMILES string of the molecule is CSc1cc2c3c(cc(O)c2cc1S)C1(CC(C)(C)CC(C)(C)C1)c1ccccc1-3. The Hall–Kier alpha value is -1.58. The van der Waals surface area contributed by atoms with E-state index in [9.17, 15) is 5.11 Å². The highest BCUT2D eigenvalue weighted by Gasteiger charge is 2.53. The summed E-state index contributed by atoms with van der Waals surface area (Å²) in [6, 6.07) is 15.3. The molecule has 0 aromatic heterocycles. The van der Waals surface area contributed by atoms with Crippen molar-refractivity contribution in [3.05, 3.63) is 53.6 Å². The van der Waals surface area contributed by atoms with Crippen LogP contribution in [0.4, 0.5) is 0 Å². The summed E-state index contributed by atoms with van der Waals surface area (Å²) in [5.41, 5.74) is 5.82. The highest BCUT2D eigenvalue weighted by Crippen LogP contribution is 2.64. The number of fused-ring (bicyclic) bond motifs is 7. The standard InChI is InChI=1S/C27H30OS2/c1-25(2)13-26(3,4)15-27(14-25)19-9-7-6-8-16(19)24-18-11-23(30-5)22(29)10-17(18)21(28)12-20(24)27/h6-12,28-29H,13-15H2,1-5H3. The summed E-state index contributed by atoms with van der Waals surface area (Å²) in [7, 11) is 0. The number of hydrogen-bond donors (Lipinski definition) is 2. The molecule has 3 aromatic rings. The molecular formula is C27H30OS2. The normalized spacial score (nSPS) is 20.3. The lowest BCUT2D eigenvalue weighted by atomic mass is 9.52. The third-order valence-corrected chi connectivity index (χ3v) is 8.46. The fraction of sp³-hybridized carbons (Fsp3) is 0.407. The van der Waals surface area contributed by atoms with Crippen molar-refractivity contribution in [2.75, 3.05) is 6.26 Å². The van der Waals surface area contributed by atoms with Crippen LogP contribution in [0.1, 0.15) is 58.1 Å². The summed E-state index contributed by atoms with van der Waals surface area (Å²) in [6.07, 6.45) is 5.53. The van der Waals surface area contributed by atoms with Crippen LogP contribution < -0.4 is 0 Å². The van der Waals surface area contributed by atoms with Crippen molar-refractivity contribution in [1.29, 1.82) is 0 Å². The Morgan fingerprint density at radius 3 is 2.20 bits per heavy atom. The molecule has 3 heteroatoms. The van der Waals surface area contributed by atoms with Crippen LogP contribution in [0.2, 0.25) is 0 Å². The maximum absolute atomic E-state index is 11.1. The second kappa shape index (κ2) is 6.46. The lowest BCUT2D eigenvalue weighted by molar-refractivity contribution is 0.0645. The quantitative estimate of drug-likeness (QED) is 0.298. The van der Waals surface area contributed by atoms with Gasteiger partial charge in [0.15, 0.2) is 0 Å². The van der Waals surface area contributed by atoms with E-state index in [1.54, 1.807) is 11.8 Å². The van der Waals surface area contributed by atoms with Gasteiger partial charge in [-0.25, -0.2) is 0 Å². The summed E-state index contributed by atoms with van der Waals surface area (Å²) in [4.78, 5) is 2.08. The number of rotatable bonds is 1. The Bertz CT molecular complexity index is 1170. The molecule has 156 valence electrons. The molecule has 1 spiro atoms. The molecule has 0 unspecified atom stereocenters. The Kier molecular flexibility index (Phi) is 4.38. The van der Waals surface area contributed by atoms with Crippen molar-refractivity contribution in [1.82, 2.24) is 0 Å². The highest BCUT2D eigenvalue weighted by molar-refractivity contribution is 7.99. The van der Waals surface area contributed by atoms with Crippen molar-refractivity contribution in [3.8, 4) is 16.9 Å². The predicted molar refractivity (Wildman–Crippen MR) is 132 cm³/mol. The first-order chi connectivity index (χ1) is 14.1. The summed E-state index contributed by atoms with van der Waals surface area (Å²) in [6.45, 7) is 9.65. The van der Waals surface area contributed by atoms with E-state index in [4.69, 9.17) is 0 Å². The second-order valence-electron chi connectivity index (χ2n) is 10.9. The third-order valence-electron chi connectivity index (χ3n) is 7.16. The molecular weight excluding hydrogens is 404 g/mol. The van der Waals surface area contributed by atoms with Gasteiger partial charge in [-0.05, 0) is 82.2 Å². The minimum atomic E-state index is -0.0536. The van der Waals surface area contributed by atoms with Gasteiger partial charge in [-0.2, -0.15) is 0 Å². The molecule has 2 aliphatic rings. The van der Waals surface area contributed by atoms with Crippen LogP contribution in [-0.4, -0.2) is 11.4 Å². The molecule has 1 saturated carbocycles. The first-order valence-corrected chi connectivity index (χ1v) is 12.4. The zero-order valence-corrected chi connectivity index (χ0v) is 20.2. The minimum absolute atomic E-state index is 0.0536. The van der Waals surface area contributed by atoms with Gasteiger partial charge < -0.3 is 5.11 Å². The van der Waals surface area contributed by atoms with E-state index in [1.165, 1.54) is 28.7 Å². The molecule has 0 bridgehead atoms.